The summed E-state index contributed by atoms with van der Waals surface area (Å²) in [6.07, 6.45) is 4.61. The lowest BCUT2D eigenvalue weighted by Crippen LogP contribution is -2.53. The zero-order valence-electron chi connectivity index (χ0n) is 13.9. The first-order chi connectivity index (χ1) is 8.84. The minimum Gasteiger partial charge on any atom is -0.352 e. The van der Waals surface area contributed by atoms with Crippen LogP contribution in [0.3, 0.4) is 0 Å². The number of amides is 1. The highest BCUT2D eigenvalue weighted by atomic mass is 35.5. The molecule has 0 aromatic rings. The average molecular weight is 342 g/mol. The Morgan fingerprint density at radius 3 is 2.24 bits per heavy atom. The molecule has 4 nitrogen and oxygen atoms in total. The van der Waals surface area contributed by atoms with Crippen LogP contribution in [0.4, 0.5) is 0 Å². The Bertz CT molecular complexity index is 287. The van der Waals surface area contributed by atoms with E-state index in [0.717, 1.165) is 25.9 Å². The second-order valence-corrected chi connectivity index (χ2v) is 6.82. The number of hydrogen-bond acceptors (Lipinski definition) is 3. The number of likely N-dealkylation sites (tertiary alicyclic amines) is 1. The van der Waals surface area contributed by atoms with Crippen molar-refractivity contribution in [3.05, 3.63) is 0 Å². The molecule has 1 saturated heterocycles. The Morgan fingerprint density at radius 2 is 1.81 bits per heavy atom. The average Bonchev–Trinajstić information content (AvgIpc) is 2.36. The van der Waals surface area contributed by atoms with Gasteiger partial charge in [0.05, 0.1) is 6.04 Å². The fourth-order valence-corrected chi connectivity index (χ4v) is 2.37. The highest BCUT2D eigenvalue weighted by Gasteiger charge is 2.29. The third-order valence-corrected chi connectivity index (χ3v) is 3.98. The molecule has 1 atom stereocenters. The monoisotopic (exact) mass is 341 g/mol. The number of unbranched alkanes of at least 4 members (excludes halogenated alkanes) is 1. The molecule has 0 spiro atoms. The van der Waals surface area contributed by atoms with Gasteiger partial charge < -0.3 is 16.0 Å². The van der Waals surface area contributed by atoms with E-state index in [1.165, 1.54) is 19.4 Å². The molecule has 1 fully saturated rings. The van der Waals surface area contributed by atoms with Crippen LogP contribution < -0.4 is 11.1 Å². The number of hydrogen-bond donors (Lipinski definition) is 2. The van der Waals surface area contributed by atoms with Crippen LogP contribution in [0.5, 0.6) is 0 Å². The number of rotatable bonds is 5. The van der Waals surface area contributed by atoms with Crippen LogP contribution in [0, 0.1) is 5.41 Å². The molecule has 0 aromatic carbocycles. The quantitative estimate of drug-likeness (QED) is 0.807. The fraction of sp³-hybridized carbons (Fsp3) is 0.933. The number of carbonyl (C=O) groups excluding carboxylic acids is 1. The summed E-state index contributed by atoms with van der Waals surface area (Å²) >= 11 is 0. The van der Waals surface area contributed by atoms with E-state index in [-0.39, 0.29) is 36.1 Å². The molecule has 0 bridgehead atoms. The first kappa shape index (κ1) is 23.2. The molecule has 0 aliphatic carbocycles. The topological polar surface area (TPSA) is 58.4 Å². The lowest BCUT2D eigenvalue weighted by molar-refractivity contribution is -0.125. The number of carbonyl (C=O) groups is 1. The van der Waals surface area contributed by atoms with Crippen molar-refractivity contribution in [2.75, 3.05) is 19.6 Å². The second kappa shape index (κ2) is 10.7. The Morgan fingerprint density at radius 1 is 1.29 bits per heavy atom. The number of nitrogens with two attached hydrogens (primary N) is 1. The maximum atomic E-state index is 12.1. The Kier molecular flexibility index (Phi) is 11.8. The summed E-state index contributed by atoms with van der Waals surface area (Å²) in [6, 6.07) is -0.121. The number of nitrogens with zero attached hydrogens (tertiary/aromatic N) is 1. The molecule has 1 heterocycles. The molecule has 3 N–H and O–H groups in total. The molecule has 0 aromatic heterocycles. The smallest absolute Gasteiger partial charge is 0.237 e. The maximum absolute atomic E-state index is 12.1. The van der Waals surface area contributed by atoms with Gasteiger partial charge in [0, 0.05) is 19.1 Å². The lowest BCUT2D eigenvalue weighted by Gasteiger charge is -2.34. The van der Waals surface area contributed by atoms with Crippen LogP contribution in [0.15, 0.2) is 0 Å². The molecule has 1 amide bonds. The second-order valence-electron chi connectivity index (χ2n) is 6.82. The van der Waals surface area contributed by atoms with Crippen molar-refractivity contribution in [2.24, 2.45) is 11.1 Å². The third kappa shape index (κ3) is 8.24. The van der Waals surface area contributed by atoms with Gasteiger partial charge >= 0.3 is 0 Å². The van der Waals surface area contributed by atoms with Gasteiger partial charge in [-0.15, -0.1) is 24.8 Å². The van der Waals surface area contributed by atoms with Crippen molar-refractivity contribution in [3.63, 3.8) is 0 Å². The van der Waals surface area contributed by atoms with Crippen LogP contribution in [0.1, 0.15) is 53.4 Å². The van der Waals surface area contributed by atoms with Gasteiger partial charge in [-0.25, -0.2) is 0 Å². The summed E-state index contributed by atoms with van der Waals surface area (Å²) in [5.41, 5.74) is 5.81. The molecule has 1 rings (SSSR count). The van der Waals surface area contributed by atoms with Crippen molar-refractivity contribution in [3.8, 4) is 0 Å². The van der Waals surface area contributed by atoms with Gasteiger partial charge in [0.15, 0.2) is 0 Å². The first-order valence-corrected chi connectivity index (χ1v) is 7.63. The van der Waals surface area contributed by atoms with Crippen molar-refractivity contribution in [1.29, 1.82) is 0 Å². The van der Waals surface area contributed by atoms with E-state index in [1.807, 2.05) is 20.8 Å². The number of piperidine rings is 1. The predicted octanol–water partition coefficient (Wildman–Crippen LogP) is 2.58. The molecule has 128 valence electrons. The van der Waals surface area contributed by atoms with Gasteiger partial charge in [0.1, 0.15) is 0 Å². The predicted molar refractivity (Wildman–Crippen MR) is 94.4 cm³/mol. The van der Waals surface area contributed by atoms with Crippen LogP contribution in [-0.2, 0) is 4.79 Å². The molecular weight excluding hydrogens is 309 g/mol. The van der Waals surface area contributed by atoms with Crippen LogP contribution in [0.25, 0.3) is 0 Å². The normalized spacial score (nSPS) is 18.3. The Hall–Kier alpha value is -0.0300. The fourth-order valence-electron chi connectivity index (χ4n) is 2.37. The van der Waals surface area contributed by atoms with Gasteiger partial charge in [0.2, 0.25) is 5.91 Å². The van der Waals surface area contributed by atoms with Gasteiger partial charge in [-0.2, -0.15) is 0 Å². The van der Waals surface area contributed by atoms with E-state index in [2.05, 4.69) is 17.1 Å². The van der Waals surface area contributed by atoms with Gasteiger partial charge in [-0.05, 0) is 31.2 Å². The van der Waals surface area contributed by atoms with Crippen molar-refractivity contribution < 1.29 is 4.79 Å². The highest BCUT2D eigenvalue weighted by molar-refractivity contribution is 5.85. The standard InChI is InChI=1S/C15H31N3O.2ClH/c1-5-6-9-18-10-7-12(8-11-18)17-14(19)13(16)15(2,3)4;;/h12-13H,5-11,16H2,1-4H3,(H,17,19);2*1H/t13-;;/m1../s1. The van der Waals surface area contributed by atoms with E-state index in [9.17, 15) is 4.79 Å². The molecule has 6 heteroatoms. The molecule has 21 heavy (non-hydrogen) atoms. The largest absolute Gasteiger partial charge is 0.352 e. The summed E-state index contributed by atoms with van der Waals surface area (Å²) in [5.74, 6) is -0.000455. The zero-order chi connectivity index (χ0) is 14.5. The highest BCUT2D eigenvalue weighted by Crippen LogP contribution is 2.18. The number of nitrogens with one attached hydrogen (secondary N) is 1. The molecular formula is C15H33Cl2N3O. The third-order valence-electron chi connectivity index (χ3n) is 3.98. The van der Waals surface area contributed by atoms with Crippen molar-refractivity contribution in [2.45, 2.75) is 65.5 Å². The minimum absolute atomic E-state index is 0. The van der Waals surface area contributed by atoms with Gasteiger partial charge in [-0.3, -0.25) is 4.79 Å². The summed E-state index contributed by atoms with van der Waals surface area (Å²) in [6.45, 7) is 11.6. The molecule has 0 saturated carbocycles. The Balaban J connectivity index is 0. The summed E-state index contributed by atoms with van der Waals surface area (Å²) in [5, 5.41) is 3.11. The maximum Gasteiger partial charge on any atom is 0.237 e. The van der Waals surface area contributed by atoms with E-state index < -0.39 is 6.04 Å². The summed E-state index contributed by atoms with van der Waals surface area (Å²) in [7, 11) is 0. The number of halogens is 2. The molecule has 0 unspecified atom stereocenters. The SMILES string of the molecule is CCCCN1CCC(NC(=O)[C@@H](N)C(C)(C)C)CC1.Cl.Cl. The molecule has 1 aliphatic rings. The summed E-state index contributed by atoms with van der Waals surface area (Å²) < 4.78 is 0. The first-order valence-electron chi connectivity index (χ1n) is 7.63. The van der Waals surface area contributed by atoms with Gasteiger partial charge in [0.25, 0.3) is 0 Å². The van der Waals surface area contributed by atoms with E-state index in [4.69, 9.17) is 5.73 Å². The molecule has 0 radical (unpaired) electrons. The van der Waals surface area contributed by atoms with E-state index in [1.54, 1.807) is 0 Å². The van der Waals surface area contributed by atoms with Crippen LogP contribution in [0.2, 0.25) is 0 Å². The summed E-state index contributed by atoms with van der Waals surface area (Å²) in [4.78, 5) is 14.6. The zero-order valence-corrected chi connectivity index (χ0v) is 15.5. The van der Waals surface area contributed by atoms with E-state index >= 15 is 0 Å². The van der Waals surface area contributed by atoms with Gasteiger partial charge in [-0.1, -0.05) is 34.1 Å². The van der Waals surface area contributed by atoms with Crippen molar-refractivity contribution >= 4 is 30.7 Å². The van der Waals surface area contributed by atoms with Crippen LogP contribution in [-0.4, -0.2) is 42.5 Å². The van der Waals surface area contributed by atoms with Crippen LogP contribution >= 0.6 is 24.8 Å². The van der Waals surface area contributed by atoms with Crippen molar-refractivity contribution in [1.82, 2.24) is 10.2 Å². The Labute approximate surface area is 142 Å². The lowest BCUT2D eigenvalue weighted by atomic mass is 9.86. The molecule has 1 aliphatic heterocycles. The minimum atomic E-state index is -0.425. The van der Waals surface area contributed by atoms with E-state index in [0.29, 0.717) is 6.04 Å².